The Kier molecular flexibility index (Phi) is 4.65. The minimum atomic E-state index is -0.587. The van der Waals surface area contributed by atoms with Crippen molar-refractivity contribution in [3.63, 3.8) is 0 Å². The van der Waals surface area contributed by atoms with Crippen LogP contribution in [0.15, 0.2) is 28.8 Å². The van der Waals surface area contributed by atoms with Crippen molar-refractivity contribution in [2.45, 2.75) is 33.3 Å². The van der Waals surface area contributed by atoms with E-state index in [1.54, 1.807) is 13.0 Å². The van der Waals surface area contributed by atoms with E-state index in [-0.39, 0.29) is 29.5 Å². The summed E-state index contributed by atoms with van der Waals surface area (Å²) in [5.74, 6) is -0.641. The number of hydrogen-bond donors (Lipinski definition) is 0. The normalized spacial score (nSPS) is 13.3. The number of unbranched alkanes of at least 4 members (excludes halogenated alkanes) is 1. The van der Waals surface area contributed by atoms with Gasteiger partial charge in [-0.25, -0.2) is 4.79 Å². The number of imide groups is 1. The lowest BCUT2D eigenvalue weighted by atomic mass is 10.1. The second-order valence-corrected chi connectivity index (χ2v) is 5.88. The van der Waals surface area contributed by atoms with E-state index in [0.717, 1.165) is 12.8 Å². The Morgan fingerprint density at radius 1 is 1.20 bits per heavy atom. The van der Waals surface area contributed by atoms with Crippen molar-refractivity contribution in [3.05, 3.63) is 52.4 Å². The van der Waals surface area contributed by atoms with Crippen LogP contribution in [0.2, 0.25) is 0 Å². The molecule has 0 aliphatic carbocycles. The zero-order valence-electron chi connectivity index (χ0n) is 14.1. The highest BCUT2D eigenvalue weighted by molar-refractivity contribution is 6.21. The topological polar surface area (TPSA) is 89.7 Å². The lowest BCUT2D eigenvalue weighted by Crippen LogP contribution is -2.30. The maximum absolute atomic E-state index is 12.4. The summed E-state index contributed by atoms with van der Waals surface area (Å²) >= 11 is 0. The molecule has 1 aromatic carbocycles. The minimum absolute atomic E-state index is 0.0250. The maximum atomic E-state index is 12.4. The van der Waals surface area contributed by atoms with Crippen LogP contribution >= 0.6 is 0 Å². The fourth-order valence-electron chi connectivity index (χ4n) is 2.65. The SMILES string of the molecule is CCCCN1C(=O)c2ccc(C(=O)OCc3cc(C)on3)cc2C1=O. The van der Waals surface area contributed by atoms with Gasteiger partial charge < -0.3 is 9.26 Å². The Morgan fingerprint density at radius 2 is 1.96 bits per heavy atom. The third-order valence-electron chi connectivity index (χ3n) is 3.97. The zero-order valence-corrected chi connectivity index (χ0v) is 14.1. The van der Waals surface area contributed by atoms with Crippen LogP contribution in [0.4, 0.5) is 0 Å². The third kappa shape index (κ3) is 3.31. The molecule has 2 heterocycles. The summed E-state index contributed by atoms with van der Waals surface area (Å²) in [7, 11) is 0. The van der Waals surface area contributed by atoms with Gasteiger partial charge in [0.05, 0.1) is 16.7 Å². The molecule has 25 heavy (non-hydrogen) atoms. The zero-order chi connectivity index (χ0) is 18.0. The van der Waals surface area contributed by atoms with Gasteiger partial charge in [0, 0.05) is 12.6 Å². The molecule has 0 fully saturated rings. The molecular weight excluding hydrogens is 324 g/mol. The third-order valence-corrected chi connectivity index (χ3v) is 3.97. The van der Waals surface area contributed by atoms with Crippen molar-refractivity contribution >= 4 is 17.8 Å². The number of carbonyl (C=O) groups excluding carboxylic acids is 3. The van der Waals surface area contributed by atoms with Crippen molar-refractivity contribution in [2.24, 2.45) is 0 Å². The van der Waals surface area contributed by atoms with Gasteiger partial charge >= 0.3 is 5.97 Å². The van der Waals surface area contributed by atoms with Gasteiger partial charge in [0.2, 0.25) is 0 Å². The van der Waals surface area contributed by atoms with Gasteiger partial charge in [-0.2, -0.15) is 0 Å². The molecule has 0 saturated carbocycles. The number of aromatic nitrogens is 1. The Labute approximate surface area is 144 Å². The Morgan fingerprint density at radius 3 is 2.64 bits per heavy atom. The first-order chi connectivity index (χ1) is 12.0. The van der Waals surface area contributed by atoms with Gasteiger partial charge in [0.1, 0.15) is 18.1 Å². The highest BCUT2D eigenvalue weighted by atomic mass is 16.5. The molecule has 2 aromatic rings. The molecule has 3 rings (SSSR count). The molecule has 130 valence electrons. The molecule has 0 N–H and O–H groups in total. The quantitative estimate of drug-likeness (QED) is 0.592. The second-order valence-electron chi connectivity index (χ2n) is 5.88. The molecule has 1 aliphatic rings. The minimum Gasteiger partial charge on any atom is -0.455 e. The fourth-order valence-corrected chi connectivity index (χ4v) is 2.65. The highest BCUT2D eigenvalue weighted by Gasteiger charge is 2.35. The number of fused-ring (bicyclic) bond motifs is 1. The molecule has 0 radical (unpaired) electrons. The molecule has 7 nitrogen and oxygen atoms in total. The summed E-state index contributed by atoms with van der Waals surface area (Å²) in [4.78, 5) is 38.1. The molecule has 2 amide bonds. The summed E-state index contributed by atoms with van der Waals surface area (Å²) in [6.45, 7) is 4.09. The van der Waals surface area contributed by atoms with Gasteiger partial charge in [-0.15, -0.1) is 0 Å². The molecular formula is C18H18N2O5. The van der Waals surface area contributed by atoms with E-state index < -0.39 is 5.97 Å². The lowest BCUT2D eigenvalue weighted by Gasteiger charge is -2.12. The Balaban J connectivity index is 1.73. The second kappa shape index (κ2) is 6.88. The van der Waals surface area contributed by atoms with E-state index in [1.165, 1.54) is 23.1 Å². The molecule has 0 atom stereocenters. The number of benzene rings is 1. The van der Waals surface area contributed by atoms with Crippen LogP contribution in [0.1, 0.15) is 62.3 Å². The predicted molar refractivity (Wildman–Crippen MR) is 87.1 cm³/mol. The molecule has 0 bridgehead atoms. The van der Waals surface area contributed by atoms with Gasteiger partial charge in [0.25, 0.3) is 11.8 Å². The fraction of sp³-hybridized carbons (Fsp3) is 0.333. The van der Waals surface area contributed by atoms with Crippen LogP contribution in [-0.4, -0.2) is 34.4 Å². The number of ether oxygens (including phenoxy) is 1. The lowest BCUT2D eigenvalue weighted by molar-refractivity contribution is 0.0464. The van der Waals surface area contributed by atoms with E-state index in [2.05, 4.69) is 5.16 Å². The van der Waals surface area contributed by atoms with Crippen LogP contribution in [0.25, 0.3) is 0 Å². The number of nitrogens with zero attached hydrogens (tertiary/aromatic N) is 2. The van der Waals surface area contributed by atoms with Crippen LogP contribution in [0.3, 0.4) is 0 Å². The van der Waals surface area contributed by atoms with Crippen molar-refractivity contribution in [3.8, 4) is 0 Å². The van der Waals surface area contributed by atoms with Crippen LogP contribution < -0.4 is 0 Å². The van der Waals surface area contributed by atoms with Gasteiger partial charge in [-0.05, 0) is 31.5 Å². The average Bonchev–Trinajstić information content (AvgIpc) is 3.13. The van der Waals surface area contributed by atoms with Gasteiger partial charge in [0.15, 0.2) is 0 Å². The van der Waals surface area contributed by atoms with E-state index in [9.17, 15) is 14.4 Å². The number of esters is 1. The number of amides is 2. The number of carbonyl (C=O) groups is 3. The van der Waals surface area contributed by atoms with E-state index in [0.29, 0.717) is 23.6 Å². The van der Waals surface area contributed by atoms with E-state index in [4.69, 9.17) is 9.26 Å². The smallest absolute Gasteiger partial charge is 0.338 e. The maximum Gasteiger partial charge on any atom is 0.338 e. The first kappa shape index (κ1) is 16.9. The molecule has 1 aliphatic heterocycles. The first-order valence-corrected chi connectivity index (χ1v) is 8.10. The Bertz CT molecular complexity index is 840. The largest absolute Gasteiger partial charge is 0.455 e. The summed E-state index contributed by atoms with van der Waals surface area (Å²) in [5, 5.41) is 3.74. The molecule has 0 spiro atoms. The summed E-state index contributed by atoms with van der Waals surface area (Å²) in [6.07, 6.45) is 1.63. The van der Waals surface area contributed by atoms with Crippen LogP contribution in [-0.2, 0) is 11.3 Å². The molecule has 0 unspecified atom stereocenters. The summed E-state index contributed by atoms with van der Waals surface area (Å²) < 4.78 is 10.1. The average molecular weight is 342 g/mol. The summed E-state index contributed by atoms with van der Waals surface area (Å²) in [6, 6.07) is 6.07. The highest BCUT2D eigenvalue weighted by Crippen LogP contribution is 2.24. The van der Waals surface area contributed by atoms with Crippen LogP contribution in [0, 0.1) is 6.92 Å². The van der Waals surface area contributed by atoms with E-state index >= 15 is 0 Å². The standard InChI is InChI=1S/C18H18N2O5/c1-3-4-7-20-16(21)14-6-5-12(9-15(14)17(20)22)18(23)24-10-13-8-11(2)25-19-13/h5-6,8-9H,3-4,7,10H2,1-2H3. The van der Waals surface area contributed by atoms with Crippen molar-refractivity contribution in [2.75, 3.05) is 6.54 Å². The number of aryl methyl sites for hydroxylation is 1. The van der Waals surface area contributed by atoms with Crippen molar-refractivity contribution < 1.29 is 23.6 Å². The number of rotatable bonds is 6. The molecule has 1 aromatic heterocycles. The van der Waals surface area contributed by atoms with Gasteiger partial charge in [-0.1, -0.05) is 18.5 Å². The van der Waals surface area contributed by atoms with E-state index in [1.807, 2.05) is 6.92 Å². The monoisotopic (exact) mass is 342 g/mol. The molecule has 0 saturated heterocycles. The number of hydrogen-bond acceptors (Lipinski definition) is 6. The summed E-state index contributed by atoms with van der Waals surface area (Å²) in [5.41, 5.74) is 1.29. The predicted octanol–water partition coefficient (Wildman–Crippen LogP) is 2.74. The van der Waals surface area contributed by atoms with Gasteiger partial charge in [-0.3, -0.25) is 14.5 Å². The van der Waals surface area contributed by atoms with Crippen molar-refractivity contribution in [1.82, 2.24) is 10.1 Å². The Hall–Kier alpha value is -2.96. The first-order valence-electron chi connectivity index (χ1n) is 8.10. The van der Waals surface area contributed by atoms with Crippen molar-refractivity contribution in [1.29, 1.82) is 0 Å². The molecule has 7 heteroatoms. The van der Waals surface area contributed by atoms with Crippen LogP contribution in [0.5, 0.6) is 0 Å².